The smallest absolute Gasteiger partial charge is 0.319 e. The van der Waals surface area contributed by atoms with Gasteiger partial charge in [0, 0.05) is 18.3 Å². The molecule has 0 spiro atoms. The molecule has 7 heteroatoms. The van der Waals surface area contributed by atoms with Gasteiger partial charge in [-0.2, -0.15) is 5.10 Å². The van der Waals surface area contributed by atoms with Crippen molar-refractivity contribution in [3.05, 3.63) is 42.2 Å². The van der Waals surface area contributed by atoms with Crippen molar-refractivity contribution in [2.45, 2.75) is 6.04 Å². The van der Waals surface area contributed by atoms with Crippen molar-refractivity contribution >= 4 is 11.7 Å². The monoisotopic (exact) mass is 303 g/mol. The number of rotatable bonds is 6. The van der Waals surface area contributed by atoms with Crippen LogP contribution < -0.4 is 15.4 Å². The lowest BCUT2D eigenvalue weighted by molar-refractivity contribution is 0.242. The lowest BCUT2D eigenvalue weighted by Gasteiger charge is -2.26. The maximum absolute atomic E-state index is 11.9. The standard InChI is InChI=1S/C15H21N5O2/c1-20(2)13(12-6-4-5-7-14(12)22-3)10-16-15(21)19-11-8-17-18-9-11/h4-9,13H,10H2,1-3H3,(H,17,18)(H2,16,19,21)/t13-/m1/s1. The number of likely N-dealkylation sites (N-methyl/N-ethyl adjacent to an activating group) is 1. The summed E-state index contributed by atoms with van der Waals surface area (Å²) in [6.07, 6.45) is 3.16. The Bertz CT molecular complexity index is 598. The van der Waals surface area contributed by atoms with E-state index in [1.165, 1.54) is 0 Å². The first-order chi connectivity index (χ1) is 10.6. The minimum atomic E-state index is -0.275. The van der Waals surface area contributed by atoms with E-state index in [0.717, 1.165) is 11.3 Å². The Balaban J connectivity index is 2.01. The number of carbonyl (C=O) groups is 1. The predicted molar refractivity (Wildman–Crippen MR) is 85.0 cm³/mol. The molecule has 0 radical (unpaired) electrons. The summed E-state index contributed by atoms with van der Waals surface area (Å²) >= 11 is 0. The maximum Gasteiger partial charge on any atom is 0.319 e. The van der Waals surface area contributed by atoms with Gasteiger partial charge in [-0.15, -0.1) is 0 Å². The van der Waals surface area contributed by atoms with Crippen molar-refractivity contribution < 1.29 is 9.53 Å². The van der Waals surface area contributed by atoms with Crippen LogP contribution in [-0.2, 0) is 0 Å². The van der Waals surface area contributed by atoms with Gasteiger partial charge >= 0.3 is 6.03 Å². The molecule has 7 nitrogen and oxygen atoms in total. The number of aromatic nitrogens is 2. The van der Waals surface area contributed by atoms with Crippen molar-refractivity contribution in [1.29, 1.82) is 0 Å². The van der Waals surface area contributed by atoms with Crippen molar-refractivity contribution in [3.63, 3.8) is 0 Å². The first-order valence-corrected chi connectivity index (χ1v) is 6.94. The predicted octanol–water partition coefficient (Wildman–Crippen LogP) is 1.84. The Morgan fingerprint density at radius 1 is 1.41 bits per heavy atom. The van der Waals surface area contributed by atoms with Gasteiger partial charge in [0.2, 0.25) is 0 Å². The maximum atomic E-state index is 11.9. The average molecular weight is 303 g/mol. The number of aromatic amines is 1. The summed E-state index contributed by atoms with van der Waals surface area (Å²) in [5, 5.41) is 12.0. The van der Waals surface area contributed by atoms with E-state index in [0.29, 0.717) is 12.2 Å². The van der Waals surface area contributed by atoms with E-state index in [-0.39, 0.29) is 12.1 Å². The number of ether oxygens (including phenoxy) is 1. The van der Waals surface area contributed by atoms with Crippen LogP contribution in [0.1, 0.15) is 11.6 Å². The second-order valence-electron chi connectivity index (χ2n) is 5.04. The van der Waals surface area contributed by atoms with Crippen LogP contribution in [0.3, 0.4) is 0 Å². The molecule has 0 aliphatic carbocycles. The van der Waals surface area contributed by atoms with Crippen LogP contribution in [0.15, 0.2) is 36.7 Å². The molecule has 118 valence electrons. The molecule has 1 aromatic heterocycles. The Kier molecular flexibility index (Phi) is 5.37. The molecule has 1 heterocycles. The summed E-state index contributed by atoms with van der Waals surface area (Å²) in [4.78, 5) is 13.9. The van der Waals surface area contributed by atoms with Crippen LogP contribution in [-0.4, -0.2) is 48.9 Å². The number of methoxy groups -OCH3 is 1. The molecule has 1 aromatic carbocycles. The molecule has 22 heavy (non-hydrogen) atoms. The van der Waals surface area contributed by atoms with Gasteiger partial charge in [0.05, 0.1) is 25.0 Å². The van der Waals surface area contributed by atoms with Gasteiger partial charge in [-0.1, -0.05) is 18.2 Å². The van der Waals surface area contributed by atoms with E-state index in [9.17, 15) is 4.79 Å². The zero-order chi connectivity index (χ0) is 15.9. The summed E-state index contributed by atoms with van der Waals surface area (Å²) < 4.78 is 5.40. The van der Waals surface area contributed by atoms with Gasteiger partial charge in [-0.3, -0.25) is 5.10 Å². The minimum absolute atomic E-state index is 0.00579. The fourth-order valence-electron chi connectivity index (χ4n) is 2.20. The van der Waals surface area contributed by atoms with Gasteiger partial charge < -0.3 is 20.3 Å². The molecule has 1 atom stereocenters. The van der Waals surface area contributed by atoms with Gasteiger partial charge in [0.15, 0.2) is 0 Å². The minimum Gasteiger partial charge on any atom is -0.496 e. The third-order valence-electron chi connectivity index (χ3n) is 3.33. The number of nitrogens with zero attached hydrogens (tertiary/aromatic N) is 2. The van der Waals surface area contributed by atoms with E-state index in [1.807, 2.05) is 43.3 Å². The first kappa shape index (κ1) is 15.8. The second-order valence-corrected chi connectivity index (χ2v) is 5.04. The third-order valence-corrected chi connectivity index (χ3v) is 3.33. The van der Waals surface area contributed by atoms with Gasteiger partial charge in [-0.05, 0) is 20.2 Å². The van der Waals surface area contributed by atoms with E-state index < -0.39 is 0 Å². The topological polar surface area (TPSA) is 82.3 Å². The van der Waals surface area contributed by atoms with Crippen LogP contribution in [0.5, 0.6) is 5.75 Å². The van der Waals surface area contributed by atoms with Gasteiger partial charge in [0.25, 0.3) is 0 Å². The lowest BCUT2D eigenvalue weighted by atomic mass is 10.0. The highest BCUT2D eigenvalue weighted by molar-refractivity contribution is 5.88. The van der Waals surface area contributed by atoms with E-state index in [2.05, 4.69) is 20.8 Å². The Hall–Kier alpha value is -2.54. The Labute approximate surface area is 129 Å². The second kappa shape index (κ2) is 7.46. The SMILES string of the molecule is COc1ccccc1[C@@H](CNC(=O)Nc1cn[nH]c1)N(C)C. The van der Waals surface area contributed by atoms with Crippen molar-refractivity contribution in [3.8, 4) is 5.75 Å². The molecule has 0 saturated carbocycles. The number of hydrogen-bond acceptors (Lipinski definition) is 4. The van der Waals surface area contributed by atoms with Crippen molar-refractivity contribution in [2.75, 3.05) is 33.1 Å². The molecule has 0 fully saturated rings. The van der Waals surface area contributed by atoms with Gasteiger partial charge in [0.1, 0.15) is 5.75 Å². The summed E-state index contributed by atoms with van der Waals surface area (Å²) in [5.74, 6) is 0.804. The highest BCUT2D eigenvalue weighted by Crippen LogP contribution is 2.27. The van der Waals surface area contributed by atoms with Gasteiger partial charge in [-0.25, -0.2) is 4.79 Å². The number of para-hydroxylation sites is 1. The Morgan fingerprint density at radius 2 is 2.18 bits per heavy atom. The quantitative estimate of drug-likeness (QED) is 0.760. The summed E-state index contributed by atoms with van der Waals surface area (Å²) in [5.41, 5.74) is 1.65. The lowest BCUT2D eigenvalue weighted by Crippen LogP contribution is -2.37. The number of urea groups is 1. The summed E-state index contributed by atoms with van der Waals surface area (Å²) in [7, 11) is 5.57. The van der Waals surface area contributed by atoms with Crippen LogP contribution in [0.25, 0.3) is 0 Å². The molecule has 2 rings (SSSR count). The zero-order valence-electron chi connectivity index (χ0n) is 13.0. The molecule has 0 bridgehead atoms. The molecule has 0 saturated heterocycles. The van der Waals surface area contributed by atoms with Crippen molar-refractivity contribution in [2.24, 2.45) is 0 Å². The molecular weight excluding hydrogens is 282 g/mol. The number of H-pyrrole nitrogens is 1. The number of benzene rings is 1. The Morgan fingerprint density at radius 3 is 2.82 bits per heavy atom. The van der Waals surface area contributed by atoms with E-state index >= 15 is 0 Å². The highest BCUT2D eigenvalue weighted by atomic mass is 16.5. The fourth-order valence-corrected chi connectivity index (χ4v) is 2.20. The normalized spacial score (nSPS) is 12.0. The van der Waals surface area contributed by atoms with Crippen LogP contribution in [0.2, 0.25) is 0 Å². The number of hydrogen-bond donors (Lipinski definition) is 3. The molecule has 0 aliphatic heterocycles. The number of nitrogens with one attached hydrogen (secondary N) is 3. The third kappa shape index (κ3) is 3.98. The molecule has 2 aromatic rings. The van der Waals surface area contributed by atoms with Crippen LogP contribution in [0.4, 0.5) is 10.5 Å². The van der Waals surface area contributed by atoms with E-state index in [4.69, 9.17) is 4.74 Å². The molecular formula is C15H21N5O2. The average Bonchev–Trinajstić information content (AvgIpc) is 3.00. The molecule has 0 aliphatic rings. The summed E-state index contributed by atoms with van der Waals surface area (Å²) in [6.45, 7) is 0.455. The van der Waals surface area contributed by atoms with Crippen molar-refractivity contribution in [1.82, 2.24) is 20.4 Å². The molecule has 3 N–H and O–H groups in total. The van der Waals surface area contributed by atoms with Crippen LogP contribution in [0, 0.1) is 0 Å². The number of anilines is 1. The highest BCUT2D eigenvalue weighted by Gasteiger charge is 2.19. The fraction of sp³-hybridized carbons (Fsp3) is 0.333. The number of amides is 2. The van der Waals surface area contributed by atoms with E-state index in [1.54, 1.807) is 19.5 Å². The summed E-state index contributed by atoms with van der Waals surface area (Å²) in [6, 6.07) is 7.53. The largest absolute Gasteiger partial charge is 0.496 e. The first-order valence-electron chi connectivity index (χ1n) is 6.94. The zero-order valence-corrected chi connectivity index (χ0v) is 13.0. The number of carbonyl (C=O) groups excluding carboxylic acids is 1. The molecule has 0 unspecified atom stereocenters. The molecule has 2 amide bonds. The van der Waals surface area contributed by atoms with Crippen LogP contribution >= 0.6 is 0 Å².